The summed E-state index contributed by atoms with van der Waals surface area (Å²) in [6.45, 7) is 9.39. The molecule has 1 unspecified atom stereocenters. The molecule has 3 aliphatic rings. The van der Waals surface area contributed by atoms with E-state index < -0.39 is 0 Å². The first-order valence-electron chi connectivity index (χ1n) is 15.2. The predicted octanol–water partition coefficient (Wildman–Crippen LogP) is 10.5. The zero-order valence-corrected chi connectivity index (χ0v) is 26.0. The molecule has 4 aromatic rings. The van der Waals surface area contributed by atoms with Crippen LogP contribution in [0.2, 0.25) is 0 Å². The molecule has 0 spiro atoms. The molecule has 3 heteroatoms. The number of nitrogens with one attached hydrogen (secondary N) is 1. The van der Waals surface area contributed by atoms with Crippen molar-refractivity contribution in [3.8, 4) is 0 Å². The van der Waals surface area contributed by atoms with E-state index in [0.29, 0.717) is 0 Å². The monoisotopic (exact) mass is 570 g/mol. The van der Waals surface area contributed by atoms with Crippen LogP contribution in [-0.4, -0.2) is 13.1 Å². The Morgan fingerprint density at radius 3 is 2.21 bits per heavy atom. The van der Waals surface area contributed by atoms with Crippen LogP contribution < -0.4 is 10.2 Å². The van der Waals surface area contributed by atoms with Gasteiger partial charge in [-0.3, -0.25) is 0 Å². The Morgan fingerprint density at radius 2 is 1.48 bits per heavy atom. The van der Waals surface area contributed by atoms with E-state index in [1.165, 1.54) is 60.9 Å². The molecule has 212 valence electrons. The van der Waals surface area contributed by atoms with Gasteiger partial charge in [-0.2, -0.15) is 0 Å². The van der Waals surface area contributed by atoms with Gasteiger partial charge in [0, 0.05) is 40.0 Å². The maximum absolute atomic E-state index is 7.13. The quantitative estimate of drug-likeness (QED) is 0.263. The topological polar surface area (TPSA) is 15.3 Å². The molecule has 0 amide bonds. The van der Waals surface area contributed by atoms with Crippen LogP contribution in [0.1, 0.15) is 58.1 Å². The van der Waals surface area contributed by atoms with Gasteiger partial charge in [-0.05, 0) is 81.3 Å². The molecular formula is C39H39ClN2. The number of anilines is 2. The number of fused-ring (bicyclic) bond motifs is 6. The summed E-state index contributed by atoms with van der Waals surface area (Å²) in [5.74, 6) is 0. The summed E-state index contributed by atoms with van der Waals surface area (Å²) < 4.78 is 0. The smallest absolute Gasteiger partial charge is 0.0540 e. The average Bonchev–Trinajstić information content (AvgIpc) is 3.36. The summed E-state index contributed by atoms with van der Waals surface area (Å²) in [5, 5.41) is 9.98. The lowest BCUT2D eigenvalue weighted by Crippen LogP contribution is -2.31. The van der Waals surface area contributed by atoms with Crippen LogP contribution in [0, 0.1) is 0 Å². The Hall–Kier alpha value is -3.75. The number of hydrogen-bond acceptors (Lipinski definition) is 2. The van der Waals surface area contributed by atoms with Gasteiger partial charge in [0.15, 0.2) is 0 Å². The minimum absolute atomic E-state index is 0.0324. The van der Waals surface area contributed by atoms with Crippen LogP contribution in [-0.2, 0) is 10.8 Å². The molecule has 7 rings (SSSR count). The van der Waals surface area contributed by atoms with E-state index in [-0.39, 0.29) is 16.9 Å². The van der Waals surface area contributed by atoms with Crippen molar-refractivity contribution in [1.29, 1.82) is 0 Å². The molecular weight excluding hydrogens is 532 g/mol. The van der Waals surface area contributed by atoms with Gasteiger partial charge in [0.1, 0.15) is 0 Å². The van der Waals surface area contributed by atoms with Gasteiger partial charge in [0.2, 0.25) is 0 Å². The first-order valence-corrected chi connectivity index (χ1v) is 15.6. The Labute approximate surface area is 255 Å². The summed E-state index contributed by atoms with van der Waals surface area (Å²) in [5.41, 5.74) is 8.97. The highest BCUT2D eigenvalue weighted by molar-refractivity contribution is 6.32. The van der Waals surface area contributed by atoms with Crippen molar-refractivity contribution in [2.75, 3.05) is 17.3 Å². The summed E-state index contributed by atoms with van der Waals surface area (Å²) in [7, 11) is 2.19. The van der Waals surface area contributed by atoms with Crippen LogP contribution in [0.3, 0.4) is 0 Å². The Kier molecular flexibility index (Phi) is 6.40. The Balaban J connectivity index is 1.19. The van der Waals surface area contributed by atoms with Gasteiger partial charge in [0.05, 0.1) is 6.04 Å². The summed E-state index contributed by atoms with van der Waals surface area (Å²) in [6.07, 6.45) is 12.3. The number of likely N-dealkylation sites (N-methyl/N-ethyl adjacent to an activating group) is 1. The molecule has 1 aliphatic carbocycles. The highest BCUT2D eigenvalue weighted by Gasteiger charge is 2.40. The molecule has 0 radical (unpaired) electrons. The van der Waals surface area contributed by atoms with Crippen LogP contribution in [0.5, 0.6) is 0 Å². The van der Waals surface area contributed by atoms with Crippen molar-refractivity contribution < 1.29 is 0 Å². The third-order valence-electron chi connectivity index (χ3n) is 9.95. The average molecular weight is 571 g/mol. The molecule has 2 nitrogen and oxygen atoms in total. The molecule has 2 aliphatic heterocycles. The Bertz CT molecular complexity index is 1870. The van der Waals surface area contributed by atoms with Crippen LogP contribution in [0.15, 0.2) is 119 Å². The van der Waals surface area contributed by atoms with E-state index in [0.717, 1.165) is 24.3 Å². The Morgan fingerprint density at radius 1 is 0.810 bits per heavy atom. The number of halogens is 1. The fourth-order valence-electron chi connectivity index (χ4n) is 7.67. The second-order valence-corrected chi connectivity index (χ2v) is 13.6. The van der Waals surface area contributed by atoms with E-state index in [1.54, 1.807) is 0 Å². The lowest BCUT2D eigenvalue weighted by molar-refractivity contribution is 0.521. The zero-order chi connectivity index (χ0) is 29.2. The minimum atomic E-state index is -0.103. The maximum atomic E-state index is 7.13. The SMILES string of the molecule is CN1/C(=C/C=C2\CCCC(/C=C/C3Nc4ccc5ccccc5c4C3(C)C)=C2Cl)C(C)(C)c2c1ccc1ccccc21. The summed E-state index contributed by atoms with van der Waals surface area (Å²) in [4.78, 5) is 2.36. The second-order valence-electron chi connectivity index (χ2n) is 13.2. The van der Waals surface area contributed by atoms with Gasteiger partial charge < -0.3 is 10.2 Å². The van der Waals surface area contributed by atoms with E-state index >= 15 is 0 Å². The van der Waals surface area contributed by atoms with Crippen molar-refractivity contribution in [2.24, 2.45) is 0 Å². The molecule has 42 heavy (non-hydrogen) atoms. The standard InChI is InChI=1S/C39H39ClN2/c1-38(2)33(41-31-21-17-25-11-6-8-15-29(25)35(31)38)23-19-27-13-10-14-28(37(27)40)20-24-34-39(3,4)36-30-16-9-7-12-26(30)18-22-32(36)42(34)5/h6-9,11-12,15-24,33,41H,10,13-14H2,1-5H3/b23-19+,28-20+,34-24+. The third-order valence-corrected chi connectivity index (χ3v) is 10.4. The van der Waals surface area contributed by atoms with Gasteiger partial charge in [-0.1, -0.05) is 118 Å². The molecule has 1 N–H and O–H groups in total. The normalized spacial score (nSPS) is 22.9. The molecule has 0 aromatic heterocycles. The van der Waals surface area contributed by atoms with Crippen molar-refractivity contribution in [3.63, 3.8) is 0 Å². The number of allylic oxidation sites excluding steroid dienone is 7. The second kappa shape index (κ2) is 9.92. The van der Waals surface area contributed by atoms with Crippen molar-refractivity contribution in [2.45, 2.75) is 63.8 Å². The fraction of sp³-hybridized carbons (Fsp3) is 0.282. The van der Waals surface area contributed by atoms with E-state index in [4.69, 9.17) is 11.6 Å². The highest BCUT2D eigenvalue weighted by atomic mass is 35.5. The minimum Gasteiger partial charge on any atom is -0.378 e. The summed E-state index contributed by atoms with van der Waals surface area (Å²) in [6, 6.07) is 26.6. The number of benzene rings is 4. The van der Waals surface area contributed by atoms with Crippen LogP contribution in [0.4, 0.5) is 11.4 Å². The van der Waals surface area contributed by atoms with Gasteiger partial charge in [-0.15, -0.1) is 0 Å². The summed E-state index contributed by atoms with van der Waals surface area (Å²) >= 11 is 7.13. The lowest BCUT2D eigenvalue weighted by atomic mass is 9.78. The largest absolute Gasteiger partial charge is 0.378 e. The molecule has 2 heterocycles. The number of nitrogens with zero attached hydrogens (tertiary/aromatic N) is 1. The van der Waals surface area contributed by atoms with Gasteiger partial charge in [-0.25, -0.2) is 0 Å². The lowest BCUT2D eigenvalue weighted by Gasteiger charge is -2.26. The van der Waals surface area contributed by atoms with Crippen LogP contribution >= 0.6 is 11.6 Å². The van der Waals surface area contributed by atoms with E-state index in [9.17, 15) is 0 Å². The molecule has 0 saturated carbocycles. The first-order chi connectivity index (χ1) is 20.2. The van der Waals surface area contributed by atoms with Crippen molar-refractivity contribution in [1.82, 2.24) is 0 Å². The zero-order valence-electron chi connectivity index (χ0n) is 25.3. The molecule has 1 atom stereocenters. The van der Waals surface area contributed by atoms with Gasteiger partial charge >= 0.3 is 0 Å². The van der Waals surface area contributed by atoms with Crippen molar-refractivity contribution in [3.05, 3.63) is 130 Å². The third kappa shape index (κ3) is 4.14. The first kappa shape index (κ1) is 27.1. The number of hydrogen-bond donors (Lipinski definition) is 1. The maximum Gasteiger partial charge on any atom is 0.0540 e. The van der Waals surface area contributed by atoms with Crippen LogP contribution in [0.25, 0.3) is 21.5 Å². The molecule has 0 bridgehead atoms. The van der Waals surface area contributed by atoms with E-state index in [1.807, 2.05) is 0 Å². The fourth-order valence-corrected chi connectivity index (χ4v) is 7.99. The number of rotatable bonds is 3. The molecule has 0 saturated heterocycles. The molecule has 0 fully saturated rings. The van der Waals surface area contributed by atoms with Gasteiger partial charge in [0.25, 0.3) is 0 Å². The highest BCUT2D eigenvalue weighted by Crippen LogP contribution is 2.50. The predicted molar refractivity (Wildman–Crippen MR) is 182 cm³/mol. The van der Waals surface area contributed by atoms with Crippen molar-refractivity contribution >= 4 is 44.5 Å². The molecule has 4 aromatic carbocycles. The van der Waals surface area contributed by atoms with E-state index in [2.05, 4.69) is 142 Å².